The van der Waals surface area contributed by atoms with E-state index in [-0.39, 0.29) is 12.4 Å². The van der Waals surface area contributed by atoms with Gasteiger partial charge in [-0.05, 0) is 43.3 Å². The van der Waals surface area contributed by atoms with Crippen LogP contribution in [0.3, 0.4) is 0 Å². The van der Waals surface area contributed by atoms with Gasteiger partial charge in [-0.1, -0.05) is 11.6 Å². The van der Waals surface area contributed by atoms with Crippen molar-refractivity contribution >= 4 is 23.2 Å². The second-order valence-corrected chi connectivity index (χ2v) is 5.60. The van der Waals surface area contributed by atoms with Crippen LogP contribution in [0.4, 0.5) is 4.39 Å². The first-order chi connectivity index (χ1) is 11.5. The largest absolute Gasteiger partial charge is 0.479 e. The standard InChI is InChI=1S/C17H14ClFN2O3/c1-11(24-15-5-3-13(19)4-6-15)17(22)23-10-14-9-21-8-12(18)2-7-16(21)20-14/h2-9,11H,10H2,1H3. The van der Waals surface area contributed by atoms with Gasteiger partial charge in [-0.25, -0.2) is 14.2 Å². The molecule has 5 nitrogen and oxygen atoms in total. The van der Waals surface area contributed by atoms with Crippen LogP contribution in [-0.4, -0.2) is 21.5 Å². The van der Waals surface area contributed by atoms with E-state index in [9.17, 15) is 9.18 Å². The fourth-order valence-corrected chi connectivity index (χ4v) is 2.28. The smallest absolute Gasteiger partial charge is 0.347 e. The Kier molecular flexibility index (Phi) is 4.66. The number of ether oxygens (including phenoxy) is 2. The number of halogens is 2. The van der Waals surface area contributed by atoms with E-state index in [4.69, 9.17) is 21.1 Å². The zero-order valence-corrected chi connectivity index (χ0v) is 13.5. The van der Waals surface area contributed by atoms with Gasteiger partial charge in [-0.2, -0.15) is 0 Å². The topological polar surface area (TPSA) is 52.8 Å². The number of hydrogen-bond acceptors (Lipinski definition) is 4. The Morgan fingerprint density at radius 2 is 2.00 bits per heavy atom. The summed E-state index contributed by atoms with van der Waals surface area (Å²) < 4.78 is 25.2. The zero-order chi connectivity index (χ0) is 17.1. The quantitative estimate of drug-likeness (QED) is 0.661. The van der Waals surface area contributed by atoms with Gasteiger partial charge < -0.3 is 13.9 Å². The van der Waals surface area contributed by atoms with E-state index in [1.165, 1.54) is 24.3 Å². The van der Waals surface area contributed by atoms with Gasteiger partial charge in [0.15, 0.2) is 6.10 Å². The number of carbonyl (C=O) groups is 1. The number of benzene rings is 1. The van der Waals surface area contributed by atoms with Gasteiger partial charge in [-0.15, -0.1) is 0 Å². The van der Waals surface area contributed by atoms with Crippen molar-refractivity contribution in [3.05, 3.63) is 65.3 Å². The first-order valence-corrected chi connectivity index (χ1v) is 7.61. The van der Waals surface area contributed by atoms with Gasteiger partial charge in [-0.3, -0.25) is 0 Å². The van der Waals surface area contributed by atoms with Crippen LogP contribution in [0.25, 0.3) is 5.65 Å². The SMILES string of the molecule is CC(Oc1ccc(F)cc1)C(=O)OCc1cn2cc(Cl)ccc2n1. The van der Waals surface area contributed by atoms with E-state index in [0.717, 1.165) is 0 Å². The van der Waals surface area contributed by atoms with E-state index >= 15 is 0 Å². The number of fused-ring (bicyclic) bond motifs is 1. The molecule has 24 heavy (non-hydrogen) atoms. The first-order valence-electron chi connectivity index (χ1n) is 7.23. The predicted octanol–water partition coefficient (Wildman–Crippen LogP) is 3.64. The van der Waals surface area contributed by atoms with Crippen LogP contribution in [0, 0.1) is 5.82 Å². The van der Waals surface area contributed by atoms with Crippen molar-refractivity contribution in [2.24, 2.45) is 0 Å². The molecule has 124 valence electrons. The first kappa shape index (κ1) is 16.3. The van der Waals surface area contributed by atoms with Crippen molar-refractivity contribution in [2.75, 3.05) is 0 Å². The lowest BCUT2D eigenvalue weighted by atomic mass is 10.3. The van der Waals surface area contributed by atoms with Crippen molar-refractivity contribution in [3.8, 4) is 5.75 Å². The molecule has 7 heteroatoms. The third-order valence-corrected chi connectivity index (χ3v) is 3.51. The van der Waals surface area contributed by atoms with Crippen LogP contribution in [0.1, 0.15) is 12.6 Å². The Labute approximate surface area is 142 Å². The molecule has 3 aromatic rings. The molecular formula is C17H14ClFN2O3. The monoisotopic (exact) mass is 348 g/mol. The Balaban J connectivity index is 1.58. The lowest BCUT2D eigenvalue weighted by Crippen LogP contribution is -2.26. The van der Waals surface area contributed by atoms with Crippen LogP contribution in [0.5, 0.6) is 5.75 Å². The summed E-state index contributed by atoms with van der Waals surface area (Å²) in [6, 6.07) is 8.92. The van der Waals surface area contributed by atoms with Gasteiger partial charge in [0.2, 0.25) is 0 Å². The van der Waals surface area contributed by atoms with Gasteiger partial charge in [0.25, 0.3) is 0 Å². The van der Waals surface area contributed by atoms with E-state index < -0.39 is 12.1 Å². The number of aromatic nitrogens is 2. The van der Waals surface area contributed by atoms with E-state index in [1.54, 1.807) is 35.9 Å². The van der Waals surface area contributed by atoms with Gasteiger partial charge in [0, 0.05) is 12.4 Å². The molecule has 0 aliphatic heterocycles. The molecule has 2 heterocycles. The highest BCUT2D eigenvalue weighted by molar-refractivity contribution is 6.30. The normalized spacial score (nSPS) is 12.1. The molecule has 1 atom stereocenters. The molecule has 0 spiro atoms. The number of nitrogens with zero attached hydrogens (tertiary/aromatic N) is 2. The minimum Gasteiger partial charge on any atom is -0.479 e. The fraction of sp³-hybridized carbons (Fsp3) is 0.176. The molecular weight excluding hydrogens is 335 g/mol. The third kappa shape index (κ3) is 3.83. The second-order valence-electron chi connectivity index (χ2n) is 5.17. The van der Waals surface area contributed by atoms with Crippen molar-refractivity contribution in [3.63, 3.8) is 0 Å². The number of rotatable bonds is 5. The molecule has 0 radical (unpaired) electrons. The van der Waals surface area contributed by atoms with Crippen molar-refractivity contribution in [2.45, 2.75) is 19.6 Å². The maximum Gasteiger partial charge on any atom is 0.347 e. The Morgan fingerprint density at radius 1 is 1.25 bits per heavy atom. The number of imidazole rings is 1. The Hall–Kier alpha value is -2.60. The maximum atomic E-state index is 12.8. The molecule has 0 bridgehead atoms. The summed E-state index contributed by atoms with van der Waals surface area (Å²) in [5.41, 5.74) is 1.31. The highest BCUT2D eigenvalue weighted by atomic mass is 35.5. The molecule has 1 unspecified atom stereocenters. The molecule has 0 saturated heterocycles. The molecule has 1 aromatic carbocycles. The molecule has 0 aliphatic carbocycles. The van der Waals surface area contributed by atoms with Crippen LogP contribution in [-0.2, 0) is 16.1 Å². The number of hydrogen-bond donors (Lipinski definition) is 0. The summed E-state index contributed by atoms with van der Waals surface area (Å²) in [4.78, 5) is 16.3. The van der Waals surface area contributed by atoms with E-state index in [0.29, 0.717) is 22.1 Å². The summed E-state index contributed by atoms with van der Waals surface area (Å²) >= 11 is 5.91. The average Bonchev–Trinajstić information content (AvgIpc) is 2.96. The Bertz CT molecular complexity index is 864. The van der Waals surface area contributed by atoms with Crippen LogP contribution >= 0.6 is 11.6 Å². The average molecular weight is 349 g/mol. The second kappa shape index (κ2) is 6.88. The maximum absolute atomic E-state index is 12.8. The van der Waals surface area contributed by atoms with Crippen molar-refractivity contribution in [1.82, 2.24) is 9.38 Å². The van der Waals surface area contributed by atoms with Gasteiger partial charge in [0.1, 0.15) is 23.8 Å². The Morgan fingerprint density at radius 3 is 2.75 bits per heavy atom. The lowest BCUT2D eigenvalue weighted by Gasteiger charge is -2.13. The van der Waals surface area contributed by atoms with Crippen LogP contribution in [0.15, 0.2) is 48.8 Å². The third-order valence-electron chi connectivity index (χ3n) is 3.29. The minimum absolute atomic E-state index is 0.0231. The van der Waals surface area contributed by atoms with E-state index in [2.05, 4.69) is 4.98 Å². The lowest BCUT2D eigenvalue weighted by molar-refractivity contribution is -0.152. The summed E-state index contributed by atoms with van der Waals surface area (Å²) in [5.74, 6) is -0.512. The molecule has 0 saturated carbocycles. The minimum atomic E-state index is -0.818. The van der Waals surface area contributed by atoms with Crippen molar-refractivity contribution in [1.29, 1.82) is 0 Å². The molecule has 3 rings (SSSR count). The van der Waals surface area contributed by atoms with Crippen LogP contribution in [0.2, 0.25) is 5.02 Å². The van der Waals surface area contributed by atoms with E-state index in [1.807, 2.05) is 0 Å². The zero-order valence-electron chi connectivity index (χ0n) is 12.8. The molecule has 0 aliphatic rings. The van der Waals surface area contributed by atoms with Gasteiger partial charge >= 0.3 is 5.97 Å². The predicted molar refractivity (Wildman–Crippen MR) is 86.5 cm³/mol. The number of carbonyl (C=O) groups excluding carboxylic acids is 1. The summed E-state index contributed by atoms with van der Waals surface area (Å²) in [7, 11) is 0. The molecule has 2 aromatic heterocycles. The molecule has 0 amide bonds. The highest BCUT2D eigenvalue weighted by Crippen LogP contribution is 2.15. The summed E-state index contributed by atoms with van der Waals surface area (Å²) in [6.45, 7) is 1.59. The van der Waals surface area contributed by atoms with Crippen molar-refractivity contribution < 1.29 is 18.7 Å². The fourth-order valence-electron chi connectivity index (χ4n) is 2.11. The van der Waals surface area contributed by atoms with Gasteiger partial charge in [0.05, 0.1) is 10.7 Å². The number of pyridine rings is 1. The summed E-state index contributed by atoms with van der Waals surface area (Å²) in [6.07, 6.45) is 2.64. The molecule has 0 N–H and O–H groups in total. The molecule has 0 fully saturated rings. The number of esters is 1. The highest BCUT2D eigenvalue weighted by Gasteiger charge is 2.17. The van der Waals surface area contributed by atoms with Crippen LogP contribution < -0.4 is 4.74 Å². The summed E-state index contributed by atoms with van der Waals surface area (Å²) in [5, 5.41) is 0.588.